The second-order valence-corrected chi connectivity index (χ2v) is 8.14. The minimum atomic E-state index is -4.71. The van der Waals surface area contributed by atoms with E-state index in [0.29, 0.717) is 17.0 Å². The van der Waals surface area contributed by atoms with E-state index in [1.165, 1.54) is 10.7 Å². The molecule has 2 atom stereocenters. The van der Waals surface area contributed by atoms with Crippen molar-refractivity contribution in [1.82, 2.24) is 14.8 Å². The van der Waals surface area contributed by atoms with Gasteiger partial charge in [0.15, 0.2) is 12.4 Å². The molecule has 0 fully saturated rings. The lowest BCUT2D eigenvalue weighted by Crippen LogP contribution is -2.56. The van der Waals surface area contributed by atoms with E-state index in [9.17, 15) is 17.6 Å². The highest BCUT2D eigenvalue weighted by Gasteiger charge is 2.48. The van der Waals surface area contributed by atoms with Gasteiger partial charge in [-0.1, -0.05) is 6.08 Å². The molecule has 170 valence electrons. The largest absolute Gasteiger partial charge is 0.453 e. The number of alkyl halides is 3. The summed E-state index contributed by atoms with van der Waals surface area (Å²) in [6.45, 7) is 0.0453. The summed E-state index contributed by atoms with van der Waals surface area (Å²) < 4.78 is 74.6. The summed E-state index contributed by atoms with van der Waals surface area (Å²) in [5, 5.41) is 3.69. The van der Waals surface area contributed by atoms with Crippen molar-refractivity contribution in [3.05, 3.63) is 96.1 Å². The summed E-state index contributed by atoms with van der Waals surface area (Å²) in [4.78, 5) is 3.80. The molecule has 4 aromatic rings. The molecular weight excluding hydrogens is 453 g/mol. The van der Waals surface area contributed by atoms with Gasteiger partial charge in [-0.3, -0.25) is 0 Å². The number of benzene rings is 1. The third-order valence-electron chi connectivity index (χ3n) is 6.15. The Labute approximate surface area is 190 Å². The Bertz CT molecular complexity index is 1470. The van der Waals surface area contributed by atoms with Gasteiger partial charge < -0.3 is 0 Å². The smallest absolute Gasteiger partial charge is 0.236 e. The Balaban J connectivity index is 1.68. The minimum Gasteiger partial charge on any atom is -0.236 e. The number of nitrogens with zero attached hydrogens (tertiary/aromatic N) is 5. The molecule has 5 heterocycles. The van der Waals surface area contributed by atoms with Crippen LogP contribution in [0.5, 0.6) is 0 Å². The lowest BCUT2D eigenvalue weighted by atomic mass is 9.87. The highest BCUT2D eigenvalue weighted by molar-refractivity contribution is 5.64. The van der Waals surface area contributed by atoms with Crippen LogP contribution in [0.25, 0.3) is 22.8 Å². The molecule has 34 heavy (non-hydrogen) atoms. The number of rotatable bonds is 0. The Morgan fingerprint density at radius 1 is 0.941 bits per heavy atom. The number of hydrogen-bond acceptors (Lipinski definition) is 2. The maximum Gasteiger partial charge on any atom is 0.453 e. The molecule has 2 unspecified atom stereocenters. The van der Waals surface area contributed by atoms with Gasteiger partial charge in [-0.15, -0.1) is 5.10 Å². The Kier molecular flexibility index (Phi) is 4.42. The number of fused-ring (bicyclic) bond motifs is 10. The van der Waals surface area contributed by atoms with Crippen molar-refractivity contribution in [3.8, 4) is 22.8 Å². The predicted molar refractivity (Wildman–Crippen MR) is 109 cm³/mol. The molecule has 0 bridgehead atoms. The van der Waals surface area contributed by atoms with E-state index < -0.39 is 35.7 Å². The normalized spacial score (nSPS) is 19.4. The van der Waals surface area contributed by atoms with Crippen LogP contribution in [-0.4, -0.2) is 14.8 Å². The molecule has 0 radical (unpaired) electrons. The molecule has 2 aliphatic rings. The topological polar surface area (TPSA) is 38.5 Å². The number of hydrogen-bond donors (Lipinski definition) is 0. The third-order valence-corrected chi connectivity index (χ3v) is 6.15. The fourth-order valence-electron chi connectivity index (χ4n) is 4.84. The fraction of sp³-hybridized carbons (Fsp3) is 0.167. The van der Waals surface area contributed by atoms with Crippen LogP contribution in [0.2, 0.25) is 0 Å². The first kappa shape index (κ1) is 20.6. The van der Waals surface area contributed by atoms with Crippen molar-refractivity contribution in [1.29, 1.82) is 0 Å². The standard InChI is InChI=1S/C24H16F5N5/c25-14-12-15-20(16(26)13-14)17-6-1-3-9-32(17)18-8-5-11-34-22(30-23(31-34)24(27,28)29)19-7-2-4-10-33(19)21(15)18/h1-10,12-13,18,21H,11H2/q+2/b8-5+. The van der Waals surface area contributed by atoms with E-state index >= 15 is 4.39 Å². The summed E-state index contributed by atoms with van der Waals surface area (Å²) >= 11 is 0. The van der Waals surface area contributed by atoms with Crippen molar-refractivity contribution < 1.29 is 31.1 Å². The van der Waals surface area contributed by atoms with Crippen LogP contribution in [-0.2, 0) is 12.7 Å². The second kappa shape index (κ2) is 7.28. The lowest BCUT2D eigenvalue weighted by molar-refractivity contribution is -0.795. The summed E-state index contributed by atoms with van der Waals surface area (Å²) in [5.41, 5.74) is 1.56. The zero-order valence-corrected chi connectivity index (χ0v) is 17.4. The quantitative estimate of drug-likeness (QED) is 0.220. The molecule has 0 amide bonds. The van der Waals surface area contributed by atoms with Crippen LogP contribution < -0.4 is 9.13 Å². The van der Waals surface area contributed by atoms with Crippen molar-refractivity contribution in [3.63, 3.8) is 0 Å². The molecule has 0 saturated heterocycles. The van der Waals surface area contributed by atoms with E-state index in [0.717, 1.165) is 6.07 Å². The van der Waals surface area contributed by atoms with Gasteiger partial charge in [0.05, 0.1) is 12.1 Å². The van der Waals surface area contributed by atoms with E-state index in [4.69, 9.17) is 0 Å². The van der Waals surface area contributed by atoms with Gasteiger partial charge in [-0.2, -0.15) is 27.3 Å². The van der Waals surface area contributed by atoms with Crippen LogP contribution in [0.1, 0.15) is 23.5 Å². The Morgan fingerprint density at radius 2 is 1.68 bits per heavy atom. The third kappa shape index (κ3) is 3.05. The highest BCUT2D eigenvalue weighted by atomic mass is 19.4. The zero-order chi connectivity index (χ0) is 23.6. The Hall–Kier alpha value is -3.95. The first-order valence-electron chi connectivity index (χ1n) is 10.5. The van der Waals surface area contributed by atoms with E-state index in [1.807, 2.05) is 22.9 Å². The van der Waals surface area contributed by atoms with Crippen LogP contribution in [0.15, 0.2) is 73.1 Å². The van der Waals surface area contributed by atoms with Crippen LogP contribution in [0, 0.1) is 11.6 Å². The number of halogens is 5. The summed E-state index contributed by atoms with van der Waals surface area (Å²) in [6.07, 6.45) is 2.30. The van der Waals surface area contributed by atoms with E-state index in [1.54, 1.807) is 47.2 Å². The van der Waals surface area contributed by atoms with Gasteiger partial charge in [-0.05, 0) is 24.3 Å². The average Bonchev–Trinajstić information content (AvgIpc) is 3.24. The molecule has 2 aliphatic heterocycles. The molecule has 6 rings (SSSR count). The van der Waals surface area contributed by atoms with Gasteiger partial charge in [0.25, 0.3) is 11.5 Å². The van der Waals surface area contributed by atoms with Crippen LogP contribution in [0.4, 0.5) is 22.0 Å². The van der Waals surface area contributed by atoms with Gasteiger partial charge in [0, 0.05) is 35.9 Å². The van der Waals surface area contributed by atoms with Crippen molar-refractivity contribution in [2.75, 3.05) is 0 Å². The lowest BCUT2D eigenvalue weighted by Gasteiger charge is -2.26. The monoisotopic (exact) mass is 469 g/mol. The molecular formula is C24H16F5N5+2. The second-order valence-electron chi connectivity index (χ2n) is 8.14. The van der Waals surface area contributed by atoms with Gasteiger partial charge >= 0.3 is 6.18 Å². The Morgan fingerprint density at radius 3 is 2.44 bits per heavy atom. The molecule has 0 spiro atoms. The average molecular weight is 469 g/mol. The summed E-state index contributed by atoms with van der Waals surface area (Å²) in [7, 11) is 0. The van der Waals surface area contributed by atoms with Crippen molar-refractivity contribution in [2.24, 2.45) is 0 Å². The van der Waals surface area contributed by atoms with Gasteiger partial charge in [-0.25, -0.2) is 13.5 Å². The van der Waals surface area contributed by atoms with Gasteiger partial charge in [0.1, 0.15) is 11.6 Å². The van der Waals surface area contributed by atoms with Crippen molar-refractivity contribution >= 4 is 0 Å². The van der Waals surface area contributed by atoms with Crippen LogP contribution in [0.3, 0.4) is 0 Å². The minimum absolute atomic E-state index is 0.0144. The summed E-state index contributed by atoms with van der Waals surface area (Å²) in [5.74, 6) is -2.67. The molecule has 10 heteroatoms. The van der Waals surface area contributed by atoms with Crippen molar-refractivity contribution in [2.45, 2.75) is 24.8 Å². The van der Waals surface area contributed by atoms with E-state index in [2.05, 4.69) is 10.1 Å². The van der Waals surface area contributed by atoms with Crippen LogP contribution >= 0.6 is 0 Å². The maximum absolute atomic E-state index is 15.1. The number of aromatic nitrogens is 5. The van der Waals surface area contributed by atoms with Gasteiger partial charge in [0.2, 0.25) is 23.6 Å². The highest BCUT2D eigenvalue weighted by Crippen LogP contribution is 2.40. The number of pyridine rings is 2. The molecule has 0 N–H and O–H groups in total. The fourth-order valence-corrected chi connectivity index (χ4v) is 4.84. The number of allylic oxidation sites excluding steroid dienone is 2. The molecule has 0 saturated carbocycles. The molecule has 0 aliphatic carbocycles. The molecule has 5 nitrogen and oxygen atoms in total. The maximum atomic E-state index is 15.1. The van der Waals surface area contributed by atoms with E-state index in [-0.39, 0.29) is 17.9 Å². The molecule has 3 aromatic heterocycles. The zero-order valence-electron chi connectivity index (χ0n) is 17.4. The summed E-state index contributed by atoms with van der Waals surface area (Å²) in [6, 6.07) is 11.4. The molecule has 1 aromatic carbocycles. The first-order valence-corrected chi connectivity index (χ1v) is 10.5. The predicted octanol–water partition coefficient (Wildman–Crippen LogP) is 4.20. The first-order chi connectivity index (χ1) is 16.3. The SMILES string of the molecule is Fc1cc(F)c2c(c1)C1C(/C=C/Cn3nc(C(F)(F)F)nc3-c3cccc[n+]31)[n+]1ccccc1-2.